The average molecular weight is 257 g/mol. The molecule has 0 bridgehead atoms. The Kier molecular flexibility index (Phi) is 4.37. The second-order valence-electron chi connectivity index (χ2n) is 5.73. The molecule has 1 rings (SSSR count). The van der Waals surface area contributed by atoms with Gasteiger partial charge in [-0.05, 0) is 25.2 Å². The molecule has 1 saturated carbocycles. The number of hydrogen-bond donors (Lipinski definition) is 2. The van der Waals surface area contributed by atoms with Crippen molar-refractivity contribution in [2.45, 2.75) is 33.6 Å². The third-order valence-electron chi connectivity index (χ3n) is 4.62. The molecule has 5 heteroatoms. The minimum atomic E-state index is -0.837. The maximum Gasteiger partial charge on any atom is 0.309 e. The van der Waals surface area contributed by atoms with E-state index in [1.54, 1.807) is 14.0 Å². The second-order valence-corrected chi connectivity index (χ2v) is 5.73. The summed E-state index contributed by atoms with van der Waals surface area (Å²) in [5.41, 5.74) is -1.38. The number of methoxy groups -OCH3 is 1. The number of carbonyl (C=O) groups is 2. The SMILES string of the molecule is COCCNC(=O)C1CCC(C)(C(=O)O)C1(C)C. The van der Waals surface area contributed by atoms with Crippen LogP contribution in [0, 0.1) is 16.7 Å². The van der Waals surface area contributed by atoms with Crippen molar-refractivity contribution in [3.63, 3.8) is 0 Å². The van der Waals surface area contributed by atoms with Gasteiger partial charge in [-0.15, -0.1) is 0 Å². The summed E-state index contributed by atoms with van der Waals surface area (Å²) < 4.78 is 4.88. The van der Waals surface area contributed by atoms with Crippen molar-refractivity contribution >= 4 is 11.9 Å². The van der Waals surface area contributed by atoms with Crippen molar-refractivity contribution in [1.29, 1.82) is 0 Å². The topological polar surface area (TPSA) is 75.6 Å². The Labute approximate surface area is 108 Å². The van der Waals surface area contributed by atoms with Gasteiger partial charge in [0.25, 0.3) is 0 Å². The number of carbonyl (C=O) groups excluding carboxylic acids is 1. The molecule has 5 nitrogen and oxygen atoms in total. The van der Waals surface area contributed by atoms with E-state index >= 15 is 0 Å². The smallest absolute Gasteiger partial charge is 0.309 e. The van der Waals surface area contributed by atoms with Crippen LogP contribution in [0.15, 0.2) is 0 Å². The summed E-state index contributed by atoms with van der Waals surface area (Å²) in [5, 5.41) is 12.2. The largest absolute Gasteiger partial charge is 0.481 e. The van der Waals surface area contributed by atoms with Gasteiger partial charge in [-0.2, -0.15) is 0 Å². The summed E-state index contributed by atoms with van der Waals surface area (Å²) in [6.45, 7) is 6.40. The number of ether oxygens (including phenoxy) is 1. The lowest BCUT2D eigenvalue weighted by Gasteiger charge is -2.37. The zero-order chi connectivity index (χ0) is 14.0. The number of hydrogen-bond acceptors (Lipinski definition) is 3. The van der Waals surface area contributed by atoms with E-state index in [0.29, 0.717) is 26.0 Å². The number of rotatable bonds is 5. The molecule has 2 atom stereocenters. The average Bonchev–Trinajstić information content (AvgIpc) is 2.52. The van der Waals surface area contributed by atoms with Gasteiger partial charge in [-0.25, -0.2) is 0 Å². The molecule has 0 spiro atoms. The molecule has 0 saturated heterocycles. The van der Waals surface area contributed by atoms with Gasteiger partial charge in [0.15, 0.2) is 0 Å². The Balaban J connectivity index is 2.75. The zero-order valence-electron chi connectivity index (χ0n) is 11.6. The molecule has 18 heavy (non-hydrogen) atoms. The predicted octanol–water partition coefficient (Wildman–Crippen LogP) is 1.28. The predicted molar refractivity (Wildman–Crippen MR) is 67.1 cm³/mol. The molecule has 1 amide bonds. The zero-order valence-corrected chi connectivity index (χ0v) is 11.6. The summed E-state index contributed by atoms with van der Waals surface area (Å²) in [6, 6.07) is 0. The minimum absolute atomic E-state index is 0.0676. The van der Waals surface area contributed by atoms with E-state index in [-0.39, 0.29) is 11.8 Å². The van der Waals surface area contributed by atoms with E-state index in [9.17, 15) is 14.7 Å². The van der Waals surface area contributed by atoms with Gasteiger partial charge < -0.3 is 15.2 Å². The number of carboxylic acids is 1. The van der Waals surface area contributed by atoms with Gasteiger partial charge >= 0.3 is 5.97 Å². The van der Waals surface area contributed by atoms with E-state index in [1.165, 1.54) is 0 Å². The second kappa shape index (κ2) is 5.26. The molecule has 1 aliphatic rings. The third kappa shape index (κ3) is 2.36. The highest BCUT2D eigenvalue weighted by Crippen LogP contribution is 2.56. The monoisotopic (exact) mass is 257 g/mol. The van der Waals surface area contributed by atoms with Gasteiger partial charge in [-0.1, -0.05) is 13.8 Å². The first kappa shape index (κ1) is 15.0. The molecule has 0 aromatic carbocycles. The molecule has 0 heterocycles. The van der Waals surface area contributed by atoms with E-state index in [2.05, 4.69) is 5.32 Å². The van der Waals surface area contributed by atoms with E-state index in [0.717, 1.165) is 0 Å². The Morgan fingerprint density at radius 1 is 1.39 bits per heavy atom. The van der Waals surface area contributed by atoms with Crippen molar-refractivity contribution in [1.82, 2.24) is 5.32 Å². The Bertz CT molecular complexity index is 340. The maximum atomic E-state index is 12.1. The first-order valence-corrected chi connectivity index (χ1v) is 6.27. The molecule has 1 aliphatic carbocycles. The van der Waals surface area contributed by atoms with Crippen LogP contribution in [0.2, 0.25) is 0 Å². The van der Waals surface area contributed by atoms with E-state index < -0.39 is 16.8 Å². The van der Waals surface area contributed by atoms with Crippen LogP contribution in [0.1, 0.15) is 33.6 Å². The van der Waals surface area contributed by atoms with Gasteiger partial charge in [0.1, 0.15) is 0 Å². The molecule has 0 radical (unpaired) electrons. The lowest BCUT2D eigenvalue weighted by Crippen LogP contribution is -2.45. The van der Waals surface area contributed by atoms with Crippen LogP contribution in [0.3, 0.4) is 0 Å². The summed E-state index contributed by atoms with van der Waals surface area (Å²) in [5.74, 6) is -1.14. The third-order valence-corrected chi connectivity index (χ3v) is 4.62. The van der Waals surface area contributed by atoms with Crippen LogP contribution in [-0.2, 0) is 14.3 Å². The fraction of sp³-hybridized carbons (Fsp3) is 0.846. The lowest BCUT2D eigenvalue weighted by molar-refractivity contribution is -0.155. The summed E-state index contributed by atoms with van der Waals surface area (Å²) in [6.07, 6.45) is 1.16. The summed E-state index contributed by atoms with van der Waals surface area (Å²) in [7, 11) is 1.58. The van der Waals surface area contributed by atoms with Crippen molar-refractivity contribution < 1.29 is 19.4 Å². The molecule has 2 N–H and O–H groups in total. The first-order valence-electron chi connectivity index (χ1n) is 6.27. The molecule has 0 aliphatic heterocycles. The Hall–Kier alpha value is -1.10. The molecular weight excluding hydrogens is 234 g/mol. The molecule has 0 aromatic heterocycles. The van der Waals surface area contributed by atoms with Crippen LogP contribution < -0.4 is 5.32 Å². The van der Waals surface area contributed by atoms with Gasteiger partial charge in [0.05, 0.1) is 12.0 Å². The van der Waals surface area contributed by atoms with Crippen LogP contribution >= 0.6 is 0 Å². The first-order chi connectivity index (χ1) is 8.27. The fourth-order valence-corrected chi connectivity index (χ4v) is 2.74. The van der Waals surface area contributed by atoms with Gasteiger partial charge in [-0.3, -0.25) is 9.59 Å². The Morgan fingerprint density at radius 3 is 2.44 bits per heavy atom. The van der Waals surface area contributed by atoms with Crippen molar-refractivity contribution in [2.24, 2.45) is 16.7 Å². The molecule has 104 valence electrons. The van der Waals surface area contributed by atoms with Crippen molar-refractivity contribution in [3.8, 4) is 0 Å². The van der Waals surface area contributed by atoms with Crippen LogP contribution in [0.5, 0.6) is 0 Å². The van der Waals surface area contributed by atoms with E-state index in [1.807, 2.05) is 13.8 Å². The molecule has 0 aromatic rings. The lowest BCUT2D eigenvalue weighted by atomic mass is 9.65. The maximum absolute atomic E-state index is 12.1. The summed E-state index contributed by atoms with van der Waals surface area (Å²) >= 11 is 0. The summed E-state index contributed by atoms with van der Waals surface area (Å²) in [4.78, 5) is 23.5. The van der Waals surface area contributed by atoms with Crippen LogP contribution in [0.4, 0.5) is 0 Å². The number of amides is 1. The minimum Gasteiger partial charge on any atom is -0.481 e. The van der Waals surface area contributed by atoms with Crippen LogP contribution in [0.25, 0.3) is 0 Å². The number of nitrogens with one attached hydrogen (secondary N) is 1. The molecular formula is C13H23NO4. The number of aliphatic carboxylic acids is 1. The van der Waals surface area contributed by atoms with Gasteiger partial charge in [0.2, 0.25) is 5.91 Å². The highest BCUT2D eigenvalue weighted by atomic mass is 16.5. The number of carboxylic acid groups (broad SMARTS) is 1. The van der Waals surface area contributed by atoms with Gasteiger partial charge in [0, 0.05) is 19.6 Å². The molecule has 1 fully saturated rings. The fourth-order valence-electron chi connectivity index (χ4n) is 2.74. The van der Waals surface area contributed by atoms with Crippen molar-refractivity contribution in [2.75, 3.05) is 20.3 Å². The van der Waals surface area contributed by atoms with Crippen LogP contribution in [-0.4, -0.2) is 37.2 Å². The standard InChI is InChI=1S/C13H23NO4/c1-12(2)9(10(15)14-7-8-18-4)5-6-13(12,3)11(16)17/h9H,5-8H2,1-4H3,(H,14,15)(H,16,17). The van der Waals surface area contributed by atoms with Crippen molar-refractivity contribution in [3.05, 3.63) is 0 Å². The molecule has 2 unspecified atom stereocenters. The quantitative estimate of drug-likeness (QED) is 0.727. The normalized spacial score (nSPS) is 30.1. The highest BCUT2D eigenvalue weighted by Gasteiger charge is 2.58. The highest BCUT2D eigenvalue weighted by molar-refractivity contribution is 5.83. The van der Waals surface area contributed by atoms with E-state index in [4.69, 9.17) is 4.74 Å². The Morgan fingerprint density at radius 2 is 2.00 bits per heavy atom.